The smallest absolute Gasteiger partial charge is 0.296 e. The second-order valence-electron chi connectivity index (χ2n) is 5.35. The highest BCUT2D eigenvalue weighted by atomic mass is 16.3. The van der Waals surface area contributed by atoms with E-state index in [1.54, 1.807) is 29.0 Å². The number of benzene rings is 1. The van der Waals surface area contributed by atoms with Gasteiger partial charge >= 0.3 is 0 Å². The molecule has 7 nitrogen and oxygen atoms in total. The van der Waals surface area contributed by atoms with Gasteiger partial charge in [-0.3, -0.25) is 9.78 Å². The van der Waals surface area contributed by atoms with Crippen LogP contribution >= 0.6 is 0 Å². The Morgan fingerprint density at radius 2 is 2.12 bits per heavy atom. The molecule has 2 heterocycles. The molecule has 0 bridgehead atoms. The number of aromatic hydroxyl groups is 1. The number of aromatic nitrogens is 2. The van der Waals surface area contributed by atoms with E-state index in [1.807, 2.05) is 18.2 Å². The van der Waals surface area contributed by atoms with Crippen LogP contribution in [0.4, 0.5) is 5.69 Å². The van der Waals surface area contributed by atoms with E-state index in [1.165, 1.54) is 6.20 Å². The molecule has 25 heavy (non-hydrogen) atoms. The van der Waals surface area contributed by atoms with Crippen molar-refractivity contribution in [3.63, 3.8) is 0 Å². The standard InChI is InChI=1S/C18H15N5O2/c19-9-3-4-11-23-15-8-2-1-7-14(15)16(18(23)25)21-22-17(24)13-6-5-10-20-12-13/h1-2,5-8,10,12,25H,3-4,11H2. The van der Waals surface area contributed by atoms with E-state index in [0.29, 0.717) is 30.3 Å². The predicted molar refractivity (Wildman–Crippen MR) is 91.5 cm³/mol. The molecule has 0 fully saturated rings. The molecule has 0 unspecified atom stereocenters. The molecule has 0 saturated heterocycles. The average molecular weight is 333 g/mol. The molecule has 3 aromatic rings. The van der Waals surface area contributed by atoms with Gasteiger partial charge in [0.2, 0.25) is 5.88 Å². The minimum atomic E-state index is -0.534. The summed E-state index contributed by atoms with van der Waals surface area (Å²) in [6, 6.07) is 12.6. The SMILES string of the molecule is N#CCCCn1c(O)c(N=NC(=O)c2cccnc2)c2ccccc21. The van der Waals surface area contributed by atoms with Crippen LogP contribution in [0.1, 0.15) is 23.2 Å². The van der Waals surface area contributed by atoms with Gasteiger partial charge in [0, 0.05) is 30.7 Å². The number of unbranched alkanes of at least 4 members (excludes halogenated alkanes) is 1. The molecular formula is C18H15N5O2. The summed E-state index contributed by atoms with van der Waals surface area (Å²) in [6.07, 6.45) is 3.97. The number of carbonyl (C=O) groups excluding carboxylic acids is 1. The highest BCUT2D eigenvalue weighted by Gasteiger charge is 2.16. The lowest BCUT2D eigenvalue weighted by molar-refractivity contribution is 0.0994. The lowest BCUT2D eigenvalue weighted by atomic mass is 10.2. The fourth-order valence-electron chi connectivity index (χ4n) is 2.56. The molecule has 0 atom stereocenters. The maximum Gasteiger partial charge on any atom is 0.296 e. The quantitative estimate of drug-likeness (QED) is 0.563. The van der Waals surface area contributed by atoms with Gasteiger partial charge in [0.05, 0.1) is 17.1 Å². The molecular weight excluding hydrogens is 318 g/mol. The van der Waals surface area contributed by atoms with Crippen LogP contribution in [0.2, 0.25) is 0 Å². The van der Waals surface area contributed by atoms with Gasteiger partial charge in [-0.15, -0.1) is 10.2 Å². The van der Waals surface area contributed by atoms with Crippen LogP contribution in [0.5, 0.6) is 5.88 Å². The van der Waals surface area contributed by atoms with Crippen LogP contribution in [0.3, 0.4) is 0 Å². The normalized spacial score (nSPS) is 11.0. The summed E-state index contributed by atoms with van der Waals surface area (Å²) >= 11 is 0. The minimum Gasteiger partial charge on any atom is -0.493 e. The van der Waals surface area contributed by atoms with E-state index in [2.05, 4.69) is 21.3 Å². The van der Waals surface area contributed by atoms with Gasteiger partial charge in [-0.05, 0) is 24.6 Å². The summed E-state index contributed by atoms with van der Waals surface area (Å²) in [5.74, 6) is -0.601. The third-order valence-corrected chi connectivity index (χ3v) is 3.74. The summed E-state index contributed by atoms with van der Waals surface area (Å²) in [4.78, 5) is 15.9. The van der Waals surface area contributed by atoms with Crippen molar-refractivity contribution in [2.45, 2.75) is 19.4 Å². The molecule has 0 aliphatic heterocycles. The third-order valence-electron chi connectivity index (χ3n) is 3.74. The fourth-order valence-corrected chi connectivity index (χ4v) is 2.56. The first-order valence-electron chi connectivity index (χ1n) is 7.75. The number of aryl methyl sites for hydroxylation is 1. The number of carbonyl (C=O) groups is 1. The zero-order valence-electron chi connectivity index (χ0n) is 13.3. The van der Waals surface area contributed by atoms with Crippen molar-refractivity contribution in [2.75, 3.05) is 0 Å². The van der Waals surface area contributed by atoms with Gasteiger partial charge in [0.15, 0.2) is 5.69 Å². The molecule has 7 heteroatoms. The van der Waals surface area contributed by atoms with Crippen molar-refractivity contribution < 1.29 is 9.90 Å². The summed E-state index contributed by atoms with van der Waals surface area (Å²) < 4.78 is 1.68. The van der Waals surface area contributed by atoms with Crippen LogP contribution in [0.15, 0.2) is 59.0 Å². The summed E-state index contributed by atoms with van der Waals surface area (Å²) in [5, 5.41) is 27.6. The van der Waals surface area contributed by atoms with Crippen molar-refractivity contribution in [3.05, 3.63) is 54.4 Å². The van der Waals surface area contributed by atoms with Crippen molar-refractivity contribution >= 4 is 22.5 Å². The highest BCUT2D eigenvalue weighted by Crippen LogP contribution is 2.39. The van der Waals surface area contributed by atoms with Crippen LogP contribution in [0, 0.1) is 11.3 Å². The molecule has 0 radical (unpaired) electrons. The van der Waals surface area contributed by atoms with Crippen molar-refractivity contribution in [2.24, 2.45) is 10.2 Å². The van der Waals surface area contributed by atoms with E-state index < -0.39 is 5.91 Å². The molecule has 124 valence electrons. The number of pyridine rings is 1. The third kappa shape index (κ3) is 3.38. The Kier molecular flexibility index (Phi) is 4.81. The van der Waals surface area contributed by atoms with E-state index in [-0.39, 0.29) is 11.6 Å². The van der Waals surface area contributed by atoms with Crippen LogP contribution in [0.25, 0.3) is 10.9 Å². The zero-order valence-corrected chi connectivity index (χ0v) is 13.3. The topological polar surface area (TPSA) is 104 Å². The fraction of sp³-hybridized carbons (Fsp3) is 0.167. The number of amides is 1. The van der Waals surface area contributed by atoms with Gasteiger partial charge in [-0.25, -0.2) is 0 Å². The average Bonchev–Trinajstić information content (AvgIpc) is 2.92. The summed E-state index contributed by atoms with van der Waals surface area (Å²) in [6.45, 7) is 0.478. The van der Waals surface area contributed by atoms with Crippen LogP contribution < -0.4 is 0 Å². The molecule has 0 aliphatic rings. The molecule has 0 spiro atoms. The van der Waals surface area contributed by atoms with Crippen molar-refractivity contribution in [1.29, 1.82) is 5.26 Å². The molecule has 3 rings (SSSR count). The Hall–Kier alpha value is -3.53. The number of hydrogen-bond acceptors (Lipinski definition) is 5. The molecule has 0 saturated carbocycles. The van der Waals surface area contributed by atoms with E-state index in [4.69, 9.17) is 5.26 Å². The van der Waals surface area contributed by atoms with Crippen LogP contribution in [-0.2, 0) is 6.54 Å². The molecule has 0 aliphatic carbocycles. The minimum absolute atomic E-state index is 0.0677. The Labute approximate surface area is 143 Å². The van der Waals surface area contributed by atoms with Gasteiger partial charge in [-0.1, -0.05) is 18.2 Å². The number of azo groups is 1. The predicted octanol–water partition coefficient (Wildman–Crippen LogP) is 3.97. The summed E-state index contributed by atoms with van der Waals surface area (Å²) in [5.41, 5.74) is 1.34. The Bertz CT molecular complexity index is 970. The van der Waals surface area contributed by atoms with Gasteiger partial charge < -0.3 is 9.67 Å². The maximum absolute atomic E-state index is 12.1. The number of rotatable bonds is 5. The number of para-hydroxylation sites is 1. The first-order valence-corrected chi connectivity index (χ1v) is 7.75. The lowest BCUT2D eigenvalue weighted by Gasteiger charge is -2.04. The first-order chi connectivity index (χ1) is 12.2. The second-order valence-corrected chi connectivity index (χ2v) is 5.35. The summed E-state index contributed by atoms with van der Waals surface area (Å²) in [7, 11) is 0. The van der Waals surface area contributed by atoms with E-state index in [9.17, 15) is 9.90 Å². The lowest BCUT2D eigenvalue weighted by Crippen LogP contribution is -1.96. The maximum atomic E-state index is 12.1. The largest absolute Gasteiger partial charge is 0.493 e. The van der Waals surface area contributed by atoms with Gasteiger partial charge in [-0.2, -0.15) is 5.26 Å². The Balaban J connectivity index is 1.96. The monoisotopic (exact) mass is 333 g/mol. The number of nitriles is 1. The Morgan fingerprint density at radius 3 is 2.88 bits per heavy atom. The number of fused-ring (bicyclic) bond motifs is 1. The van der Waals surface area contributed by atoms with Crippen molar-refractivity contribution in [3.8, 4) is 11.9 Å². The van der Waals surface area contributed by atoms with E-state index in [0.717, 1.165) is 5.52 Å². The molecule has 1 amide bonds. The first kappa shape index (κ1) is 16.3. The Morgan fingerprint density at radius 1 is 1.28 bits per heavy atom. The molecule has 2 aromatic heterocycles. The van der Waals surface area contributed by atoms with Gasteiger partial charge in [0.1, 0.15) is 0 Å². The zero-order chi connectivity index (χ0) is 17.6. The second kappa shape index (κ2) is 7.36. The van der Waals surface area contributed by atoms with Crippen molar-refractivity contribution in [1.82, 2.24) is 9.55 Å². The number of nitrogens with zero attached hydrogens (tertiary/aromatic N) is 5. The highest BCUT2D eigenvalue weighted by molar-refractivity contribution is 5.97. The molecule has 1 aromatic carbocycles. The van der Waals surface area contributed by atoms with E-state index >= 15 is 0 Å². The molecule has 1 N–H and O–H groups in total. The number of hydrogen-bond donors (Lipinski definition) is 1. The van der Waals surface area contributed by atoms with Gasteiger partial charge in [0.25, 0.3) is 5.91 Å². The van der Waals surface area contributed by atoms with Crippen LogP contribution in [-0.4, -0.2) is 20.6 Å².